The van der Waals surface area contributed by atoms with Crippen LogP contribution in [0.4, 0.5) is 0 Å². The van der Waals surface area contributed by atoms with Gasteiger partial charge in [0, 0.05) is 17.8 Å². The highest BCUT2D eigenvalue weighted by Crippen LogP contribution is 1.99. The van der Waals surface area contributed by atoms with E-state index in [0.717, 1.165) is 11.8 Å². The van der Waals surface area contributed by atoms with Crippen molar-refractivity contribution in [1.82, 2.24) is 5.32 Å². The third-order valence-corrected chi connectivity index (χ3v) is 2.12. The number of carbonyl (C=O) groups excluding carboxylic acids is 1. The van der Waals surface area contributed by atoms with E-state index in [1.54, 1.807) is 0 Å². The van der Waals surface area contributed by atoms with Crippen molar-refractivity contribution in [2.45, 2.75) is 45.6 Å². The molecular formula is C9H18BrNO. The molecule has 1 N–H and O–H groups in total. The van der Waals surface area contributed by atoms with Gasteiger partial charge in [0.05, 0.1) is 0 Å². The summed E-state index contributed by atoms with van der Waals surface area (Å²) in [5, 5.41) is 3.70. The maximum Gasteiger partial charge on any atom is 0.221 e. The minimum Gasteiger partial charge on any atom is -0.354 e. The van der Waals surface area contributed by atoms with Gasteiger partial charge in [-0.25, -0.2) is 0 Å². The molecule has 1 unspecified atom stereocenters. The number of hydrogen-bond donors (Lipinski definition) is 1. The van der Waals surface area contributed by atoms with E-state index in [9.17, 15) is 4.79 Å². The van der Waals surface area contributed by atoms with Gasteiger partial charge >= 0.3 is 0 Å². The van der Waals surface area contributed by atoms with Crippen molar-refractivity contribution in [2.24, 2.45) is 0 Å². The Kier molecular flexibility index (Phi) is 7.56. The van der Waals surface area contributed by atoms with Crippen molar-refractivity contribution in [3.05, 3.63) is 0 Å². The molecule has 0 aliphatic carbocycles. The number of halogens is 1. The minimum absolute atomic E-state index is 0.149. The van der Waals surface area contributed by atoms with Crippen LogP contribution in [0.15, 0.2) is 0 Å². The summed E-state index contributed by atoms with van der Waals surface area (Å²) in [7, 11) is 0. The van der Waals surface area contributed by atoms with Gasteiger partial charge in [-0.3, -0.25) is 4.79 Å². The smallest absolute Gasteiger partial charge is 0.221 e. The highest BCUT2D eigenvalue weighted by Gasteiger charge is 2.04. The van der Waals surface area contributed by atoms with Gasteiger partial charge in [0.15, 0.2) is 0 Å². The first kappa shape index (κ1) is 11.9. The molecule has 1 atom stereocenters. The molecule has 0 aromatic heterocycles. The predicted octanol–water partition coefficient (Wildman–Crippen LogP) is 2.47. The first-order chi connectivity index (χ1) is 5.70. The number of unbranched alkanes of at least 4 members (excludes halogenated alkanes) is 1. The van der Waals surface area contributed by atoms with Gasteiger partial charge in [0.2, 0.25) is 5.91 Å². The molecule has 0 fully saturated rings. The Morgan fingerprint density at radius 3 is 2.75 bits per heavy atom. The number of rotatable bonds is 6. The van der Waals surface area contributed by atoms with Gasteiger partial charge < -0.3 is 5.32 Å². The zero-order chi connectivity index (χ0) is 9.40. The Labute approximate surface area is 83.2 Å². The highest BCUT2D eigenvalue weighted by molar-refractivity contribution is 9.09. The molecule has 0 aromatic rings. The molecule has 2 nitrogen and oxygen atoms in total. The van der Waals surface area contributed by atoms with Crippen molar-refractivity contribution in [3.8, 4) is 0 Å². The second-order valence-corrected chi connectivity index (χ2v) is 3.84. The number of carbonyl (C=O) groups is 1. The van der Waals surface area contributed by atoms with Crippen molar-refractivity contribution in [2.75, 3.05) is 5.33 Å². The Morgan fingerprint density at radius 2 is 2.25 bits per heavy atom. The van der Waals surface area contributed by atoms with Crippen LogP contribution in [0.5, 0.6) is 0 Å². The first-order valence-electron chi connectivity index (χ1n) is 4.56. The van der Waals surface area contributed by atoms with E-state index < -0.39 is 0 Å². The second-order valence-electron chi connectivity index (χ2n) is 3.05. The van der Waals surface area contributed by atoms with Gasteiger partial charge in [-0.2, -0.15) is 0 Å². The van der Waals surface area contributed by atoms with Gasteiger partial charge in [-0.05, 0) is 13.3 Å². The molecule has 12 heavy (non-hydrogen) atoms. The van der Waals surface area contributed by atoms with E-state index in [1.165, 1.54) is 12.8 Å². The number of hydrogen-bond acceptors (Lipinski definition) is 1. The van der Waals surface area contributed by atoms with Crippen LogP contribution in [0, 0.1) is 0 Å². The van der Waals surface area contributed by atoms with E-state index in [-0.39, 0.29) is 5.91 Å². The monoisotopic (exact) mass is 235 g/mol. The fourth-order valence-electron chi connectivity index (χ4n) is 1.02. The quantitative estimate of drug-likeness (QED) is 0.705. The van der Waals surface area contributed by atoms with E-state index in [1.807, 2.05) is 0 Å². The Balaban J connectivity index is 3.40. The van der Waals surface area contributed by atoms with E-state index in [2.05, 4.69) is 35.1 Å². The van der Waals surface area contributed by atoms with Crippen LogP contribution in [0.25, 0.3) is 0 Å². The molecule has 0 rings (SSSR count). The summed E-state index contributed by atoms with van der Waals surface area (Å²) in [5.41, 5.74) is 0. The molecular weight excluding hydrogens is 218 g/mol. The van der Waals surface area contributed by atoms with Crippen LogP contribution in [0.3, 0.4) is 0 Å². The van der Waals surface area contributed by atoms with Crippen LogP contribution in [-0.4, -0.2) is 17.3 Å². The summed E-state index contributed by atoms with van der Waals surface area (Å²) in [6, 6.07) is 0.330. The van der Waals surface area contributed by atoms with Gasteiger partial charge in [0.25, 0.3) is 0 Å². The summed E-state index contributed by atoms with van der Waals surface area (Å²) < 4.78 is 0. The summed E-state index contributed by atoms with van der Waals surface area (Å²) in [4.78, 5) is 11.1. The maximum absolute atomic E-state index is 11.1. The zero-order valence-corrected chi connectivity index (χ0v) is 9.49. The lowest BCUT2D eigenvalue weighted by Crippen LogP contribution is -2.32. The van der Waals surface area contributed by atoms with Crippen LogP contribution >= 0.6 is 15.9 Å². The summed E-state index contributed by atoms with van der Waals surface area (Å²) in [6.45, 7) is 4.22. The average molecular weight is 236 g/mol. The summed E-state index contributed by atoms with van der Waals surface area (Å²) in [6.07, 6.45) is 4.05. The lowest BCUT2D eigenvalue weighted by atomic mass is 10.1. The Morgan fingerprint density at radius 1 is 1.58 bits per heavy atom. The number of nitrogens with one attached hydrogen (secondary N) is 1. The standard InChI is InChI=1S/C9H18BrNO/c1-3-4-5-8(2)11-9(12)6-7-10/h8H,3-7H2,1-2H3,(H,11,12). The molecule has 3 heteroatoms. The maximum atomic E-state index is 11.1. The third-order valence-electron chi connectivity index (χ3n) is 1.72. The van der Waals surface area contributed by atoms with Gasteiger partial charge in [0.1, 0.15) is 0 Å². The van der Waals surface area contributed by atoms with Gasteiger partial charge in [-0.1, -0.05) is 35.7 Å². The number of amides is 1. The van der Waals surface area contributed by atoms with E-state index in [0.29, 0.717) is 12.5 Å². The van der Waals surface area contributed by atoms with Crippen molar-refractivity contribution in [1.29, 1.82) is 0 Å². The molecule has 0 saturated carbocycles. The lowest BCUT2D eigenvalue weighted by molar-refractivity contribution is -0.121. The van der Waals surface area contributed by atoms with Crippen LogP contribution in [0.2, 0.25) is 0 Å². The lowest BCUT2D eigenvalue weighted by Gasteiger charge is -2.12. The molecule has 0 heterocycles. The molecule has 0 spiro atoms. The van der Waals surface area contributed by atoms with Crippen molar-refractivity contribution in [3.63, 3.8) is 0 Å². The first-order valence-corrected chi connectivity index (χ1v) is 5.68. The Hall–Kier alpha value is -0.0500. The summed E-state index contributed by atoms with van der Waals surface area (Å²) in [5.74, 6) is 0.149. The van der Waals surface area contributed by atoms with Crippen LogP contribution in [-0.2, 0) is 4.79 Å². The minimum atomic E-state index is 0.149. The Bertz CT molecular complexity index is 128. The molecule has 1 amide bonds. The molecule has 0 aliphatic heterocycles. The third kappa shape index (κ3) is 6.65. The second kappa shape index (κ2) is 7.59. The highest BCUT2D eigenvalue weighted by atomic mass is 79.9. The fraction of sp³-hybridized carbons (Fsp3) is 0.889. The van der Waals surface area contributed by atoms with Crippen LogP contribution in [0.1, 0.15) is 39.5 Å². The normalized spacial score (nSPS) is 12.6. The molecule has 0 bridgehead atoms. The molecule has 0 saturated heterocycles. The van der Waals surface area contributed by atoms with E-state index >= 15 is 0 Å². The summed E-state index contributed by atoms with van der Waals surface area (Å²) >= 11 is 3.23. The topological polar surface area (TPSA) is 29.1 Å². The van der Waals surface area contributed by atoms with Crippen molar-refractivity contribution >= 4 is 21.8 Å². The predicted molar refractivity (Wildman–Crippen MR) is 55.5 cm³/mol. The molecule has 0 aliphatic rings. The van der Waals surface area contributed by atoms with E-state index in [4.69, 9.17) is 0 Å². The van der Waals surface area contributed by atoms with Gasteiger partial charge in [-0.15, -0.1) is 0 Å². The largest absolute Gasteiger partial charge is 0.354 e. The average Bonchev–Trinajstić information content (AvgIpc) is 2.01. The van der Waals surface area contributed by atoms with Crippen LogP contribution < -0.4 is 5.32 Å². The molecule has 0 aromatic carbocycles. The SMILES string of the molecule is CCCCC(C)NC(=O)CCBr. The van der Waals surface area contributed by atoms with Crippen molar-refractivity contribution < 1.29 is 4.79 Å². The fourth-order valence-corrected chi connectivity index (χ4v) is 1.38. The molecule has 72 valence electrons. The number of alkyl halides is 1. The zero-order valence-electron chi connectivity index (χ0n) is 7.90. The molecule has 0 radical (unpaired) electrons.